The number of nitrogens with zero attached hydrogens (tertiary/aromatic N) is 2. The summed E-state index contributed by atoms with van der Waals surface area (Å²) in [5.41, 5.74) is 0. The van der Waals surface area contributed by atoms with E-state index in [1.807, 2.05) is 0 Å². The normalized spacial score (nSPS) is 25.4. The van der Waals surface area contributed by atoms with Crippen LogP contribution in [-0.2, 0) is 0 Å². The molecular weight excluding hydrogens is 162 g/mol. The highest BCUT2D eigenvalue weighted by molar-refractivity contribution is 4.78. The Morgan fingerprint density at radius 3 is 2.54 bits per heavy atom. The average Bonchev–Trinajstić information content (AvgIpc) is 2.20. The SMILES string of the molecule is CCN(CC)C1CNCCN1CC. The summed E-state index contributed by atoms with van der Waals surface area (Å²) in [6.07, 6.45) is 0.619. The molecule has 78 valence electrons. The van der Waals surface area contributed by atoms with Gasteiger partial charge in [0, 0.05) is 19.6 Å². The van der Waals surface area contributed by atoms with Gasteiger partial charge in [0.1, 0.15) is 0 Å². The van der Waals surface area contributed by atoms with Crippen LogP contribution in [-0.4, -0.2) is 55.2 Å². The number of piperazine rings is 1. The standard InChI is InChI=1S/C10H23N3/c1-4-12(5-2)10-9-11-7-8-13(10)6-3/h10-11H,4-9H2,1-3H3. The van der Waals surface area contributed by atoms with Gasteiger partial charge in [0.25, 0.3) is 0 Å². The molecule has 3 nitrogen and oxygen atoms in total. The van der Waals surface area contributed by atoms with Crippen LogP contribution in [0.3, 0.4) is 0 Å². The molecule has 1 N–H and O–H groups in total. The lowest BCUT2D eigenvalue weighted by molar-refractivity contribution is 0.0344. The molecule has 1 unspecified atom stereocenters. The van der Waals surface area contributed by atoms with Crippen molar-refractivity contribution >= 4 is 0 Å². The van der Waals surface area contributed by atoms with Crippen molar-refractivity contribution in [1.29, 1.82) is 0 Å². The molecule has 0 aromatic carbocycles. The summed E-state index contributed by atoms with van der Waals surface area (Å²) in [5, 5.41) is 3.46. The quantitative estimate of drug-likeness (QED) is 0.691. The summed E-state index contributed by atoms with van der Waals surface area (Å²) in [6.45, 7) is 13.7. The van der Waals surface area contributed by atoms with E-state index in [1.54, 1.807) is 0 Å². The molecule has 1 aliphatic heterocycles. The molecule has 1 heterocycles. The van der Waals surface area contributed by atoms with Crippen molar-refractivity contribution in [2.45, 2.75) is 26.9 Å². The fraction of sp³-hybridized carbons (Fsp3) is 1.00. The predicted molar refractivity (Wildman–Crippen MR) is 56.8 cm³/mol. The molecule has 0 radical (unpaired) electrons. The Kier molecular flexibility index (Phi) is 4.70. The molecule has 0 saturated carbocycles. The lowest BCUT2D eigenvalue weighted by Gasteiger charge is -2.41. The summed E-state index contributed by atoms with van der Waals surface area (Å²) in [4.78, 5) is 5.08. The second kappa shape index (κ2) is 5.58. The zero-order valence-electron chi connectivity index (χ0n) is 9.21. The van der Waals surface area contributed by atoms with Gasteiger partial charge in [-0.1, -0.05) is 20.8 Å². The van der Waals surface area contributed by atoms with Gasteiger partial charge in [-0.2, -0.15) is 0 Å². The summed E-state index contributed by atoms with van der Waals surface area (Å²) in [6, 6.07) is 0. The Morgan fingerprint density at radius 2 is 2.00 bits per heavy atom. The Labute approximate surface area is 82.1 Å². The molecule has 1 aliphatic rings. The minimum absolute atomic E-state index is 0.619. The first kappa shape index (κ1) is 11.0. The fourth-order valence-corrected chi connectivity index (χ4v) is 2.11. The van der Waals surface area contributed by atoms with Gasteiger partial charge in [0.15, 0.2) is 0 Å². The largest absolute Gasteiger partial charge is 0.313 e. The molecule has 1 rings (SSSR count). The minimum atomic E-state index is 0.619. The molecule has 1 atom stereocenters. The molecule has 0 amide bonds. The minimum Gasteiger partial charge on any atom is -0.313 e. The van der Waals surface area contributed by atoms with Gasteiger partial charge in [0.2, 0.25) is 0 Å². The van der Waals surface area contributed by atoms with Gasteiger partial charge < -0.3 is 5.32 Å². The predicted octanol–water partition coefficient (Wildman–Crippen LogP) is 0.579. The van der Waals surface area contributed by atoms with Gasteiger partial charge >= 0.3 is 0 Å². The van der Waals surface area contributed by atoms with Crippen molar-refractivity contribution in [3.63, 3.8) is 0 Å². The third-order valence-corrected chi connectivity index (χ3v) is 2.96. The fourth-order valence-electron chi connectivity index (χ4n) is 2.11. The monoisotopic (exact) mass is 185 g/mol. The summed E-state index contributed by atoms with van der Waals surface area (Å²) in [5.74, 6) is 0. The Morgan fingerprint density at radius 1 is 1.31 bits per heavy atom. The number of hydrogen-bond acceptors (Lipinski definition) is 3. The second-order valence-corrected chi connectivity index (χ2v) is 3.53. The van der Waals surface area contributed by atoms with Gasteiger partial charge in [0.05, 0.1) is 6.17 Å². The highest BCUT2D eigenvalue weighted by Gasteiger charge is 2.24. The molecule has 0 aliphatic carbocycles. The van der Waals surface area contributed by atoms with Gasteiger partial charge in [-0.05, 0) is 19.6 Å². The van der Waals surface area contributed by atoms with Crippen LogP contribution in [0.1, 0.15) is 20.8 Å². The van der Waals surface area contributed by atoms with Crippen LogP contribution in [0.15, 0.2) is 0 Å². The number of likely N-dealkylation sites (N-methyl/N-ethyl adjacent to an activating group) is 2. The van der Waals surface area contributed by atoms with Crippen molar-refractivity contribution < 1.29 is 0 Å². The smallest absolute Gasteiger partial charge is 0.0751 e. The van der Waals surface area contributed by atoms with Crippen LogP contribution >= 0.6 is 0 Å². The molecule has 1 saturated heterocycles. The highest BCUT2D eigenvalue weighted by atomic mass is 15.4. The van der Waals surface area contributed by atoms with Crippen molar-refractivity contribution in [3.05, 3.63) is 0 Å². The highest BCUT2D eigenvalue weighted by Crippen LogP contribution is 2.07. The van der Waals surface area contributed by atoms with Gasteiger partial charge in [-0.15, -0.1) is 0 Å². The van der Waals surface area contributed by atoms with E-state index in [0.29, 0.717) is 6.17 Å². The lowest BCUT2D eigenvalue weighted by atomic mass is 10.2. The third-order valence-electron chi connectivity index (χ3n) is 2.96. The van der Waals surface area contributed by atoms with Crippen LogP contribution in [0.2, 0.25) is 0 Å². The molecule has 0 bridgehead atoms. The molecule has 3 heteroatoms. The Hall–Kier alpha value is -0.120. The molecular formula is C10H23N3. The van der Waals surface area contributed by atoms with E-state index in [4.69, 9.17) is 0 Å². The van der Waals surface area contributed by atoms with E-state index in [1.165, 1.54) is 13.1 Å². The number of rotatable bonds is 4. The van der Waals surface area contributed by atoms with Crippen LogP contribution in [0.5, 0.6) is 0 Å². The zero-order chi connectivity index (χ0) is 9.68. The average molecular weight is 185 g/mol. The number of nitrogens with one attached hydrogen (secondary N) is 1. The van der Waals surface area contributed by atoms with Crippen LogP contribution in [0.25, 0.3) is 0 Å². The zero-order valence-corrected chi connectivity index (χ0v) is 9.21. The van der Waals surface area contributed by atoms with E-state index in [-0.39, 0.29) is 0 Å². The Balaban J connectivity index is 2.51. The maximum atomic E-state index is 3.46. The summed E-state index contributed by atoms with van der Waals surface area (Å²) < 4.78 is 0. The van der Waals surface area contributed by atoms with E-state index >= 15 is 0 Å². The van der Waals surface area contributed by atoms with Crippen LogP contribution in [0, 0.1) is 0 Å². The lowest BCUT2D eigenvalue weighted by Crippen LogP contribution is -2.58. The second-order valence-electron chi connectivity index (χ2n) is 3.53. The van der Waals surface area contributed by atoms with Crippen LogP contribution in [0.4, 0.5) is 0 Å². The number of hydrogen-bond donors (Lipinski definition) is 1. The van der Waals surface area contributed by atoms with E-state index in [9.17, 15) is 0 Å². The van der Waals surface area contributed by atoms with E-state index < -0.39 is 0 Å². The topological polar surface area (TPSA) is 18.5 Å². The van der Waals surface area contributed by atoms with Crippen molar-refractivity contribution in [2.75, 3.05) is 39.3 Å². The molecule has 13 heavy (non-hydrogen) atoms. The first-order chi connectivity index (χ1) is 6.33. The van der Waals surface area contributed by atoms with Gasteiger partial charge in [-0.3, -0.25) is 9.80 Å². The summed E-state index contributed by atoms with van der Waals surface area (Å²) >= 11 is 0. The summed E-state index contributed by atoms with van der Waals surface area (Å²) in [7, 11) is 0. The van der Waals surface area contributed by atoms with Crippen molar-refractivity contribution in [1.82, 2.24) is 15.1 Å². The molecule has 0 spiro atoms. The van der Waals surface area contributed by atoms with E-state index in [2.05, 4.69) is 35.9 Å². The third kappa shape index (κ3) is 2.66. The first-order valence-electron chi connectivity index (χ1n) is 5.52. The van der Waals surface area contributed by atoms with Crippen molar-refractivity contribution in [3.8, 4) is 0 Å². The Bertz CT molecular complexity index is 127. The maximum absolute atomic E-state index is 3.46. The van der Waals surface area contributed by atoms with Crippen LogP contribution < -0.4 is 5.32 Å². The van der Waals surface area contributed by atoms with Crippen molar-refractivity contribution in [2.24, 2.45) is 0 Å². The maximum Gasteiger partial charge on any atom is 0.0751 e. The first-order valence-corrected chi connectivity index (χ1v) is 5.52. The molecule has 0 aromatic heterocycles. The molecule has 0 aromatic rings. The van der Waals surface area contributed by atoms with Gasteiger partial charge in [-0.25, -0.2) is 0 Å². The molecule has 1 fully saturated rings. The van der Waals surface area contributed by atoms with E-state index in [0.717, 1.165) is 26.2 Å².